The van der Waals surface area contributed by atoms with E-state index in [4.69, 9.17) is 19.6 Å². The molecule has 1 N–H and O–H groups in total. The summed E-state index contributed by atoms with van der Waals surface area (Å²) >= 11 is 0. The standard InChI is InChI=1S/C18H17N7O2/c1-26-15-5-4-11(9-20-15)25-18(22-17(24-25)14-3-2-8-27-14)16-12-10-21-23-13(12)6-7-19-16/h4-7,9-10,14H,2-3,8H2,1H3,(H,21,23). The van der Waals surface area contributed by atoms with Crippen molar-refractivity contribution >= 4 is 10.9 Å². The summed E-state index contributed by atoms with van der Waals surface area (Å²) in [4.78, 5) is 13.6. The van der Waals surface area contributed by atoms with Gasteiger partial charge >= 0.3 is 0 Å². The van der Waals surface area contributed by atoms with Crippen molar-refractivity contribution in [1.82, 2.24) is 34.9 Å². The molecule has 1 atom stereocenters. The second-order valence-corrected chi connectivity index (χ2v) is 6.26. The van der Waals surface area contributed by atoms with Gasteiger partial charge in [0, 0.05) is 24.3 Å². The molecule has 0 aliphatic carbocycles. The lowest BCUT2D eigenvalue weighted by molar-refractivity contribution is 0.105. The first-order valence-electron chi connectivity index (χ1n) is 8.71. The predicted molar refractivity (Wildman–Crippen MR) is 96.5 cm³/mol. The lowest BCUT2D eigenvalue weighted by Crippen LogP contribution is -2.03. The molecule has 1 aliphatic rings. The normalized spacial score (nSPS) is 16.9. The highest BCUT2D eigenvalue weighted by molar-refractivity contribution is 5.90. The lowest BCUT2D eigenvalue weighted by Gasteiger charge is -2.06. The molecular weight excluding hydrogens is 346 g/mol. The highest BCUT2D eigenvalue weighted by atomic mass is 16.5. The molecule has 4 aromatic rings. The van der Waals surface area contributed by atoms with E-state index in [0.717, 1.165) is 36.0 Å². The number of pyridine rings is 2. The van der Waals surface area contributed by atoms with Gasteiger partial charge in [-0.15, -0.1) is 5.10 Å². The molecule has 9 nitrogen and oxygen atoms in total. The van der Waals surface area contributed by atoms with Gasteiger partial charge in [-0.25, -0.2) is 14.6 Å². The van der Waals surface area contributed by atoms with Gasteiger partial charge in [0.2, 0.25) is 5.88 Å². The number of rotatable bonds is 4. The number of methoxy groups -OCH3 is 1. The van der Waals surface area contributed by atoms with Gasteiger partial charge in [0.05, 0.1) is 30.7 Å². The Kier molecular flexibility index (Phi) is 3.79. The van der Waals surface area contributed by atoms with E-state index in [-0.39, 0.29) is 6.10 Å². The van der Waals surface area contributed by atoms with Crippen molar-refractivity contribution < 1.29 is 9.47 Å². The Balaban J connectivity index is 1.69. The molecule has 0 aromatic carbocycles. The summed E-state index contributed by atoms with van der Waals surface area (Å²) in [7, 11) is 1.59. The number of aromatic amines is 1. The zero-order valence-electron chi connectivity index (χ0n) is 14.7. The number of H-pyrrole nitrogens is 1. The minimum absolute atomic E-state index is 0.0974. The van der Waals surface area contributed by atoms with Crippen LogP contribution in [-0.4, -0.2) is 48.6 Å². The minimum atomic E-state index is -0.0974. The van der Waals surface area contributed by atoms with Gasteiger partial charge in [0.15, 0.2) is 11.6 Å². The molecule has 1 unspecified atom stereocenters. The highest BCUT2D eigenvalue weighted by Gasteiger charge is 2.26. The lowest BCUT2D eigenvalue weighted by atomic mass is 10.2. The molecule has 1 aliphatic heterocycles. The Labute approximate surface area is 154 Å². The van der Waals surface area contributed by atoms with Crippen molar-refractivity contribution in [2.45, 2.75) is 18.9 Å². The Morgan fingerprint density at radius 3 is 2.96 bits per heavy atom. The zero-order valence-corrected chi connectivity index (χ0v) is 14.7. The van der Waals surface area contributed by atoms with Gasteiger partial charge in [0.1, 0.15) is 11.8 Å². The van der Waals surface area contributed by atoms with Crippen molar-refractivity contribution in [2.75, 3.05) is 13.7 Å². The van der Waals surface area contributed by atoms with Crippen molar-refractivity contribution in [3.63, 3.8) is 0 Å². The minimum Gasteiger partial charge on any atom is -0.481 e. The van der Waals surface area contributed by atoms with Crippen LogP contribution in [0.2, 0.25) is 0 Å². The average molecular weight is 363 g/mol. The Morgan fingerprint density at radius 1 is 1.22 bits per heavy atom. The van der Waals surface area contributed by atoms with Gasteiger partial charge in [-0.05, 0) is 25.0 Å². The fourth-order valence-electron chi connectivity index (χ4n) is 3.24. The molecule has 0 bridgehead atoms. The van der Waals surface area contributed by atoms with E-state index >= 15 is 0 Å². The number of nitrogens with zero attached hydrogens (tertiary/aromatic N) is 6. The summed E-state index contributed by atoms with van der Waals surface area (Å²) in [6, 6.07) is 5.56. The molecule has 0 spiro atoms. The van der Waals surface area contributed by atoms with Gasteiger partial charge in [-0.1, -0.05) is 0 Å². The quantitative estimate of drug-likeness (QED) is 0.594. The molecule has 0 amide bonds. The van der Waals surface area contributed by atoms with Crippen molar-refractivity contribution in [3.05, 3.63) is 42.6 Å². The maximum Gasteiger partial charge on any atom is 0.213 e. The van der Waals surface area contributed by atoms with Crippen LogP contribution in [0.3, 0.4) is 0 Å². The first kappa shape index (κ1) is 15.9. The van der Waals surface area contributed by atoms with Crippen LogP contribution in [-0.2, 0) is 4.74 Å². The third kappa shape index (κ3) is 2.72. The maximum absolute atomic E-state index is 5.78. The van der Waals surface area contributed by atoms with Crippen LogP contribution in [0.15, 0.2) is 36.8 Å². The van der Waals surface area contributed by atoms with E-state index < -0.39 is 0 Å². The average Bonchev–Trinajstić information content (AvgIpc) is 3.47. The second kappa shape index (κ2) is 6.44. The first-order valence-corrected chi connectivity index (χ1v) is 8.71. The van der Waals surface area contributed by atoms with E-state index in [9.17, 15) is 0 Å². The van der Waals surface area contributed by atoms with Crippen LogP contribution in [0.5, 0.6) is 5.88 Å². The van der Waals surface area contributed by atoms with Crippen LogP contribution >= 0.6 is 0 Å². The molecule has 1 fully saturated rings. The first-order chi connectivity index (χ1) is 13.3. The SMILES string of the molecule is COc1ccc(-n2nc(C3CCCO3)nc2-c2nccc3[nH]ncc23)cn1. The van der Waals surface area contributed by atoms with E-state index in [1.54, 1.807) is 36.4 Å². The fourth-order valence-corrected chi connectivity index (χ4v) is 3.24. The smallest absolute Gasteiger partial charge is 0.213 e. The highest BCUT2D eigenvalue weighted by Crippen LogP contribution is 2.31. The number of fused-ring (bicyclic) bond motifs is 1. The molecule has 5 rings (SSSR count). The van der Waals surface area contributed by atoms with E-state index in [1.807, 2.05) is 12.1 Å². The topological polar surface area (TPSA) is 104 Å². The molecule has 0 saturated carbocycles. The molecule has 0 radical (unpaired) electrons. The van der Waals surface area contributed by atoms with E-state index in [1.165, 1.54) is 0 Å². The number of nitrogens with one attached hydrogen (secondary N) is 1. The van der Waals surface area contributed by atoms with E-state index in [2.05, 4.69) is 20.2 Å². The predicted octanol–water partition coefficient (Wildman–Crippen LogP) is 2.46. The van der Waals surface area contributed by atoms with Crippen molar-refractivity contribution in [2.24, 2.45) is 0 Å². The van der Waals surface area contributed by atoms with E-state index in [0.29, 0.717) is 23.2 Å². The van der Waals surface area contributed by atoms with Crippen LogP contribution in [0.25, 0.3) is 28.1 Å². The van der Waals surface area contributed by atoms with Gasteiger partial charge in [-0.3, -0.25) is 10.1 Å². The fraction of sp³-hybridized carbons (Fsp3) is 0.278. The summed E-state index contributed by atoms with van der Waals surface area (Å²) in [6.07, 6.45) is 7.00. The molecule has 5 heterocycles. The number of ether oxygens (including phenoxy) is 2. The summed E-state index contributed by atoms with van der Waals surface area (Å²) in [6.45, 7) is 0.730. The monoisotopic (exact) mass is 363 g/mol. The second-order valence-electron chi connectivity index (χ2n) is 6.26. The Morgan fingerprint density at radius 2 is 2.19 bits per heavy atom. The van der Waals surface area contributed by atoms with Gasteiger partial charge in [0.25, 0.3) is 0 Å². The Bertz CT molecular complexity index is 1080. The van der Waals surface area contributed by atoms with Gasteiger partial charge in [-0.2, -0.15) is 5.10 Å². The third-order valence-corrected chi connectivity index (χ3v) is 4.60. The largest absolute Gasteiger partial charge is 0.481 e. The maximum atomic E-state index is 5.78. The van der Waals surface area contributed by atoms with Crippen molar-refractivity contribution in [3.8, 4) is 23.1 Å². The zero-order chi connectivity index (χ0) is 18.2. The van der Waals surface area contributed by atoms with Crippen LogP contribution in [0.1, 0.15) is 24.8 Å². The summed E-state index contributed by atoms with van der Waals surface area (Å²) in [5, 5.41) is 12.7. The van der Waals surface area contributed by atoms with Gasteiger partial charge < -0.3 is 9.47 Å². The van der Waals surface area contributed by atoms with Crippen LogP contribution < -0.4 is 4.74 Å². The van der Waals surface area contributed by atoms with Crippen molar-refractivity contribution in [1.29, 1.82) is 0 Å². The Hall–Kier alpha value is -3.33. The molecular formula is C18H17N7O2. The molecule has 4 aromatic heterocycles. The molecule has 136 valence electrons. The molecule has 9 heteroatoms. The molecule has 27 heavy (non-hydrogen) atoms. The van der Waals surface area contributed by atoms with Crippen LogP contribution in [0.4, 0.5) is 0 Å². The summed E-state index contributed by atoms with van der Waals surface area (Å²) < 4.78 is 12.7. The number of hydrogen-bond acceptors (Lipinski definition) is 7. The molecule has 1 saturated heterocycles. The number of hydrogen-bond donors (Lipinski definition) is 1. The number of aromatic nitrogens is 7. The third-order valence-electron chi connectivity index (χ3n) is 4.60. The summed E-state index contributed by atoms with van der Waals surface area (Å²) in [5.74, 6) is 1.81. The van der Waals surface area contributed by atoms with Crippen LogP contribution in [0, 0.1) is 0 Å². The summed E-state index contributed by atoms with van der Waals surface area (Å²) in [5.41, 5.74) is 2.36.